The highest BCUT2D eigenvalue weighted by atomic mass is 19.1. The summed E-state index contributed by atoms with van der Waals surface area (Å²) < 4.78 is 33.6. The largest absolute Gasteiger partial charge is 0.394 e. The Balaban J connectivity index is 1.70. The predicted molar refractivity (Wildman–Crippen MR) is 95.1 cm³/mol. The second-order valence-corrected chi connectivity index (χ2v) is 6.57. The number of amides is 1. The molecule has 0 fully saturated rings. The summed E-state index contributed by atoms with van der Waals surface area (Å²) in [7, 11) is 0. The number of aliphatic hydroxyl groups is 2. The van der Waals surface area contributed by atoms with Gasteiger partial charge in [0.05, 0.1) is 29.7 Å². The molecule has 0 saturated heterocycles. The van der Waals surface area contributed by atoms with Crippen LogP contribution in [0.5, 0.6) is 0 Å². The minimum Gasteiger partial charge on any atom is -0.394 e. The number of carbonyl (C=O) groups excluding carboxylic acids is 1. The molecule has 9 heteroatoms. The standard InChI is InChI=1S/C19H21F2N3O4/c20-13-4-2-5-14(21)18(13)15-7-11-3-1-6-16(19(11)24-23-15)28-10-17(27)22-8-12(26)9-25/h2,4-5,7,12,16,25-26H,1,3,6,8-10H2,(H,22,27)/t12-,16?/m1/s1. The van der Waals surface area contributed by atoms with Gasteiger partial charge in [-0.15, -0.1) is 5.10 Å². The number of nitrogens with zero attached hydrogens (tertiary/aromatic N) is 2. The summed E-state index contributed by atoms with van der Waals surface area (Å²) in [5, 5.41) is 28.5. The number of aromatic nitrogens is 2. The fourth-order valence-electron chi connectivity index (χ4n) is 3.08. The number of hydrogen-bond acceptors (Lipinski definition) is 6. The molecule has 1 aromatic carbocycles. The topological polar surface area (TPSA) is 105 Å². The van der Waals surface area contributed by atoms with Gasteiger partial charge in [0.1, 0.15) is 24.3 Å². The lowest BCUT2D eigenvalue weighted by Crippen LogP contribution is -2.36. The molecular weight excluding hydrogens is 372 g/mol. The van der Waals surface area contributed by atoms with Gasteiger partial charge in [-0.3, -0.25) is 4.79 Å². The van der Waals surface area contributed by atoms with Crippen LogP contribution < -0.4 is 5.32 Å². The van der Waals surface area contributed by atoms with Crippen LogP contribution in [0.2, 0.25) is 0 Å². The maximum atomic E-state index is 14.0. The molecule has 150 valence electrons. The summed E-state index contributed by atoms with van der Waals surface area (Å²) in [5.41, 5.74) is 1.23. The summed E-state index contributed by atoms with van der Waals surface area (Å²) >= 11 is 0. The first-order chi connectivity index (χ1) is 13.5. The normalized spacial score (nSPS) is 17.1. The summed E-state index contributed by atoms with van der Waals surface area (Å²) in [4.78, 5) is 11.8. The van der Waals surface area contributed by atoms with Gasteiger partial charge < -0.3 is 20.3 Å². The predicted octanol–water partition coefficient (Wildman–Crippen LogP) is 1.29. The number of ether oxygens (including phenoxy) is 1. The highest BCUT2D eigenvalue weighted by Crippen LogP contribution is 2.33. The zero-order chi connectivity index (χ0) is 20.1. The smallest absolute Gasteiger partial charge is 0.246 e. The average Bonchev–Trinajstić information content (AvgIpc) is 2.70. The number of carbonyl (C=O) groups is 1. The van der Waals surface area contributed by atoms with E-state index in [9.17, 15) is 18.7 Å². The molecule has 1 unspecified atom stereocenters. The van der Waals surface area contributed by atoms with Gasteiger partial charge in [0, 0.05) is 6.54 Å². The van der Waals surface area contributed by atoms with Gasteiger partial charge >= 0.3 is 0 Å². The summed E-state index contributed by atoms with van der Waals surface area (Å²) in [6.45, 7) is -0.761. The van der Waals surface area contributed by atoms with Gasteiger partial charge in [-0.05, 0) is 43.0 Å². The van der Waals surface area contributed by atoms with E-state index >= 15 is 0 Å². The van der Waals surface area contributed by atoms with Crippen LogP contribution in [-0.4, -0.2) is 52.2 Å². The quantitative estimate of drug-likeness (QED) is 0.655. The number of fused-ring (bicyclic) bond motifs is 1. The average molecular weight is 393 g/mol. The van der Waals surface area contributed by atoms with Gasteiger partial charge in [-0.1, -0.05) is 6.07 Å². The molecular formula is C19H21F2N3O4. The molecule has 3 N–H and O–H groups in total. The second-order valence-electron chi connectivity index (χ2n) is 6.57. The fourth-order valence-corrected chi connectivity index (χ4v) is 3.08. The number of hydrogen-bond donors (Lipinski definition) is 3. The second kappa shape index (κ2) is 9.13. The molecule has 0 spiro atoms. The van der Waals surface area contributed by atoms with E-state index in [2.05, 4.69) is 15.5 Å². The lowest BCUT2D eigenvalue weighted by molar-refractivity contribution is -0.128. The van der Waals surface area contributed by atoms with Crippen molar-refractivity contribution in [3.05, 3.63) is 47.2 Å². The zero-order valence-corrected chi connectivity index (χ0v) is 15.1. The first-order valence-electron chi connectivity index (χ1n) is 8.97. The summed E-state index contributed by atoms with van der Waals surface area (Å²) in [5.74, 6) is -1.85. The van der Waals surface area contributed by atoms with Crippen LogP contribution in [-0.2, 0) is 16.0 Å². The molecule has 2 atom stereocenters. The highest BCUT2D eigenvalue weighted by molar-refractivity contribution is 5.77. The van der Waals surface area contributed by atoms with Crippen molar-refractivity contribution in [2.45, 2.75) is 31.5 Å². The van der Waals surface area contributed by atoms with Crippen molar-refractivity contribution >= 4 is 5.91 Å². The number of aryl methyl sites for hydroxylation is 1. The van der Waals surface area contributed by atoms with E-state index in [1.165, 1.54) is 6.07 Å². The van der Waals surface area contributed by atoms with Crippen molar-refractivity contribution in [2.75, 3.05) is 19.8 Å². The first-order valence-corrected chi connectivity index (χ1v) is 8.97. The van der Waals surface area contributed by atoms with E-state index < -0.39 is 36.4 Å². The molecule has 1 heterocycles. The lowest BCUT2D eigenvalue weighted by atomic mass is 9.93. The van der Waals surface area contributed by atoms with E-state index in [0.717, 1.165) is 24.1 Å². The molecule has 0 saturated carbocycles. The number of benzene rings is 1. The van der Waals surface area contributed by atoms with E-state index in [1.54, 1.807) is 6.07 Å². The number of halogens is 2. The molecule has 1 aromatic heterocycles. The molecule has 2 aromatic rings. The lowest BCUT2D eigenvalue weighted by Gasteiger charge is -2.24. The third-order valence-electron chi connectivity index (χ3n) is 4.50. The van der Waals surface area contributed by atoms with E-state index in [4.69, 9.17) is 9.84 Å². The molecule has 1 aliphatic rings. The Kier molecular flexibility index (Phi) is 6.61. The van der Waals surface area contributed by atoms with Gasteiger partial charge in [0.2, 0.25) is 5.91 Å². The fraction of sp³-hybridized carbons (Fsp3) is 0.421. The maximum absolute atomic E-state index is 14.0. The Hall–Kier alpha value is -2.49. The Labute approximate surface area is 160 Å². The molecule has 1 aliphatic carbocycles. The number of aliphatic hydroxyl groups excluding tert-OH is 2. The van der Waals surface area contributed by atoms with Crippen LogP contribution in [0, 0.1) is 11.6 Å². The van der Waals surface area contributed by atoms with Crippen molar-refractivity contribution in [3.63, 3.8) is 0 Å². The molecule has 3 rings (SSSR count). The molecule has 28 heavy (non-hydrogen) atoms. The van der Waals surface area contributed by atoms with E-state index in [-0.39, 0.29) is 24.4 Å². The maximum Gasteiger partial charge on any atom is 0.246 e. The minimum absolute atomic E-state index is 0.0721. The van der Waals surface area contributed by atoms with E-state index in [1.807, 2.05) is 0 Å². The molecule has 7 nitrogen and oxygen atoms in total. The number of nitrogens with one attached hydrogen (secondary N) is 1. The Morgan fingerprint density at radius 1 is 1.32 bits per heavy atom. The van der Waals surface area contributed by atoms with Crippen LogP contribution in [0.4, 0.5) is 8.78 Å². The van der Waals surface area contributed by atoms with Crippen molar-refractivity contribution in [3.8, 4) is 11.3 Å². The SMILES string of the molecule is O=C(COC1CCCc2cc(-c3c(F)cccc3F)nnc21)NC[C@@H](O)CO. The Morgan fingerprint density at radius 2 is 2.07 bits per heavy atom. The summed E-state index contributed by atoms with van der Waals surface area (Å²) in [6, 6.07) is 5.22. The van der Waals surface area contributed by atoms with Crippen LogP contribution in [0.15, 0.2) is 24.3 Å². The third-order valence-corrected chi connectivity index (χ3v) is 4.50. The molecule has 0 bridgehead atoms. The van der Waals surface area contributed by atoms with Crippen LogP contribution >= 0.6 is 0 Å². The van der Waals surface area contributed by atoms with Crippen molar-refractivity contribution in [1.29, 1.82) is 0 Å². The van der Waals surface area contributed by atoms with Gasteiger partial charge in [0.15, 0.2) is 0 Å². The van der Waals surface area contributed by atoms with E-state index in [0.29, 0.717) is 18.5 Å². The minimum atomic E-state index is -1.03. The monoisotopic (exact) mass is 393 g/mol. The van der Waals surface area contributed by atoms with Gasteiger partial charge in [-0.2, -0.15) is 5.10 Å². The van der Waals surface area contributed by atoms with Crippen LogP contribution in [0.1, 0.15) is 30.2 Å². The third kappa shape index (κ3) is 4.67. The molecule has 0 radical (unpaired) electrons. The first kappa shape index (κ1) is 20.2. The van der Waals surface area contributed by atoms with Gasteiger partial charge in [-0.25, -0.2) is 8.78 Å². The van der Waals surface area contributed by atoms with Crippen molar-refractivity contribution in [2.24, 2.45) is 0 Å². The Morgan fingerprint density at radius 3 is 2.79 bits per heavy atom. The van der Waals surface area contributed by atoms with Gasteiger partial charge in [0.25, 0.3) is 0 Å². The van der Waals surface area contributed by atoms with Crippen LogP contribution in [0.25, 0.3) is 11.3 Å². The Bertz CT molecular complexity index is 830. The number of rotatable bonds is 7. The molecule has 0 aliphatic heterocycles. The molecule has 1 amide bonds. The van der Waals surface area contributed by atoms with Crippen molar-refractivity contribution in [1.82, 2.24) is 15.5 Å². The summed E-state index contributed by atoms with van der Waals surface area (Å²) in [6.07, 6.45) is 0.601. The van der Waals surface area contributed by atoms with Crippen molar-refractivity contribution < 1.29 is 28.5 Å². The van der Waals surface area contributed by atoms with Crippen LogP contribution in [0.3, 0.4) is 0 Å². The zero-order valence-electron chi connectivity index (χ0n) is 15.1. The highest BCUT2D eigenvalue weighted by Gasteiger charge is 2.25.